The number of benzene rings is 1. The Bertz CT molecular complexity index is 361. The van der Waals surface area contributed by atoms with E-state index in [0.717, 1.165) is 12.0 Å². The molecule has 3 nitrogen and oxygen atoms in total. The molecule has 1 fully saturated rings. The van der Waals surface area contributed by atoms with E-state index in [9.17, 15) is 4.79 Å². The van der Waals surface area contributed by atoms with Crippen LogP contribution >= 0.6 is 0 Å². The van der Waals surface area contributed by atoms with Gasteiger partial charge in [0.25, 0.3) is 0 Å². The molecule has 0 N–H and O–H groups in total. The molecule has 1 saturated heterocycles. The zero-order chi connectivity index (χ0) is 12.1. The number of ether oxygens (including phenoxy) is 2. The summed E-state index contributed by atoms with van der Waals surface area (Å²) in [6, 6.07) is 10.0. The summed E-state index contributed by atoms with van der Waals surface area (Å²) in [5, 5.41) is 0. The maximum Gasteiger partial charge on any atom is 0.306 e. The number of hydrogen-bond donors (Lipinski definition) is 0. The Labute approximate surface area is 102 Å². The molecule has 3 heteroatoms. The first-order valence-electron chi connectivity index (χ1n) is 6.05. The highest BCUT2D eigenvalue weighted by molar-refractivity contribution is 5.70. The van der Waals surface area contributed by atoms with Crippen LogP contribution in [-0.4, -0.2) is 18.7 Å². The average Bonchev–Trinajstić information content (AvgIpc) is 2.29. The van der Waals surface area contributed by atoms with E-state index in [1.54, 1.807) is 0 Å². The Morgan fingerprint density at radius 3 is 2.82 bits per heavy atom. The van der Waals surface area contributed by atoms with E-state index < -0.39 is 0 Å². The van der Waals surface area contributed by atoms with E-state index in [0.29, 0.717) is 25.6 Å². The fraction of sp³-hybridized carbons (Fsp3) is 0.500. The van der Waals surface area contributed by atoms with Gasteiger partial charge in [-0.15, -0.1) is 0 Å². The summed E-state index contributed by atoms with van der Waals surface area (Å²) in [7, 11) is 0. The van der Waals surface area contributed by atoms with Gasteiger partial charge in [0.05, 0.1) is 13.2 Å². The molecule has 2 atom stereocenters. The molecule has 1 aromatic carbocycles. The van der Waals surface area contributed by atoms with E-state index in [2.05, 4.69) is 6.92 Å². The van der Waals surface area contributed by atoms with Crippen molar-refractivity contribution >= 4 is 5.97 Å². The monoisotopic (exact) mass is 234 g/mol. The molecule has 2 rings (SSSR count). The molecule has 92 valence electrons. The number of rotatable bonds is 4. The SMILES string of the molecule is C[C@H]1CC(=O)O[C@@H](COCc2ccccc2)C1. The summed E-state index contributed by atoms with van der Waals surface area (Å²) in [6.07, 6.45) is 1.37. The van der Waals surface area contributed by atoms with Gasteiger partial charge < -0.3 is 9.47 Å². The summed E-state index contributed by atoms with van der Waals surface area (Å²) in [5.74, 6) is 0.304. The second-order valence-corrected chi connectivity index (χ2v) is 4.66. The van der Waals surface area contributed by atoms with Crippen LogP contribution in [0.5, 0.6) is 0 Å². The van der Waals surface area contributed by atoms with E-state index in [1.807, 2.05) is 30.3 Å². The number of carbonyl (C=O) groups is 1. The molecule has 0 bridgehead atoms. The normalized spacial score (nSPS) is 24.4. The maximum atomic E-state index is 11.2. The van der Waals surface area contributed by atoms with Crippen molar-refractivity contribution < 1.29 is 14.3 Å². The number of esters is 1. The maximum absolute atomic E-state index is 11.2. The third-order valence-electron chi connectivity index (χ3n) is 2.89. The molecule has 0 radical (unpaired) electrons. The van der Waals surface area contributed by atoms with Gasteiger partial charge in [0.1, 0.15) is 6.10 Å². The Kier molecular flexibility index (Phi) is 4.15. The van der Waals surface area contributed by atoms with Crippen LogP contribution in [0.1, 0.15) is 25.3 Å². The molecule has 17 heavy (non-hydrogen) atoms. The van der Waals surface area contributed by atoms with Gasteiger partial charge in [-0.05, 0) is 17.9 Å². The summed E-state index contributed by atoms with van der Waals surface area (Å²) in [5.41, 5.74) is 1.14. The molecular weight excluding hydrogens is 216 g/mol. The lowest BCUT2D eigenvalue weighted by Gasteiger charge is -2.26. The highest BCUT2D eigenvalue weighted by atomic mass is 16.6. The molecule has 0 aromatic heterocycles. The number of hydrogen-bond acceptors (Lipinski definition) is 3. The van der Waals surface area contributed by atoms with Gasteiger partial charge in [0, 0.05) is 6.42 Å². The van der Waals surface area contributed by atoms with Crippen molar-refractivity contribution in [3.63, 3.8) is 0 Å². The van der Waals surface area contributed by atoms with Crippen molar-refractivity contribution in [2.24, 2.45) is 5.92 Å². The predicted octanol–water partition coefficient (Wildman–Crippen LogP) is 2.54. The summed E-state index contributed by atoms with van der Waals surface area (Å²) < 4.78 is 10.8. The van der Waals surface area contributed by atoms with Crippen LogP contribution < -0.4 is 0 Å². The zero-order valence-corrected chi connectivity index (χ0v) is 10.1. The second kappa shape index (κ2) is 5.82. The first kappa shape index (κ1) is 12.1. The van der Waals surface area contributed by atoms with Gasteiger partial charge in [-0.2, -0.15) is 0 Å². The fourth-order valence-corrected chi connectivity index (χ4v) is 2.08. The third-order valence-corrected chi connectivity index (χ3v) is 2.89. The van der Waals surface area contributed by atoms with E-state index in [-0.39, 0.29) is 12.1 Å². The summed E-state index contributed by atoms with van der Waals surface area (Å²) >= 11 is 0. The minimum absolute atomic E-state index is 0.0741. The molecule has 1 aliphatic rings. The average molecular weight is 234 g/mol. The van der Waals surface area contributed by atoms with Crippen LogP contribution in [0.2, 0.25) is 0 Å². The van der Waals surface area contributed by atoms with Crippen LogP contribution in [-0.2, 0) is 20.9 Å². The van der Waals surface area contributed by atoms with Crippen molar-refractivity contribution in [2.75, 3.05) is 6.61 Å². The molecule has 1 aromatic rings. The van der Waals surface area contributed by atoms with Gasteiger partial charge in [-0.1, -0.05) is 37.3 Å². The minimum Gasteiger partial charge on any atom is -0.460 e. The molecular formula is C14H18O3. The molecule has 0 aliphatic carbocycles. The lowest BCUT2D eigenvalue weighted by molar-refractivity contribution is -0.160. The van der Waals surface area contributed by atoms with E-state index >= 15 is 0 Å². The van der Waals surface area contributed by atoms with Crippen LogP contribution in [0.15, 0.2) is 30.3 Å². The van der Waals surface area contributed by atoms with Gasteiger partial charge in [0.2, 0.25) is 0 Å². The molecule has 0 unspecified atom stereocenters. The molecule has 1 heterocycles. The van der Waals surface area contributed by atoms with Crippen molar-refractivity contribution in [3.05, 3.63) is 35.9 Å². The molecule has 1 aliphatic heterocycles. The van der Waals surface area contributed by atoms with Crippen LogP contribution in [0.3, 0.4) is 0 Å². The van der Waals surface area contributed by atoms with Crippen molar-refractivity contribution in [3.8, 4) is 0 Å². The highest BCUT2D eigenvalue weighted by Gasteiger charge is 2.25. The summed E-state index contributed by atoms with van der Waals surface area (Å²) in [4.78, 5) is 11.2. The van der Waals surface area contributed by atoms with Crippen molar-refractivity contribution in [2.45, 2.75) is 32.5 Å². The van der Waals surface area contributed by atoms with E-state index in [1.165, 1.54) is 0 Å². The zero-order valence-electron chi connectivity index (χ0n) is 10.1. The quantitative estimate of drug-likeness (QED) is 0.751. The fourth-order valence-electron chi connectivity index (χ4n) is 2.08. The topological polar surface area (TPSA) is 35.5 Å². The number of carbonyl (C=O) groups excluding carboxylic acids is 1. The molecule has 0 spiro atoms. The van der Waals surface area contributed by atoms with Gasteiger partial charge in [-0.3, -0.25) is 4.79 Å². The third kappa shape index (κ3) is 3.86. The van der Waals surface area contributed by atoms with E-state index in [4.69, 9.17) is 9.47 Å². The highest BCUT2D eigenvalue weighted by Crippen LogP contribution is 2.20. The Morgan fingerprint density at radius 1 is 1.35 bits per heavy atom. The van der Waals surface area contributed by atoms with Gasteiger partial charge in [0.15, 0.2) is 0 Å². The molecule has 0 amide bonds. The first-order valence-corrected chi connectivity index (χ1v) is 6.05. The Morgan fingerprint density at radius 2 is 2.12 bits per heavy atom. The summed E-state index contributed by atoms with van der Waals surface area (Å²) in [6.45, 7) is 3.14. The lowest BCUT2D eigenvalue weighted by atomic mass is 9.98. The van der Waals surface area contributed by atoms with Crippen molar-refractivity contribution in [1.29, 1.82) is 0 Å². The second-order valence-electron chi connectivity index (χ2n) is 4.66. The smallest absolute Gasteiger partial charge is 0.306 e. The Balaban J connectivity index is 1.73. The predicted molar refractivity (Wildman–Crippen MR) is 64.4 cm³/mol. The minimum atomic E-state index is -0.0999. The van der Waals surface area contributed by atoms with Crippen LogP contribution in [0, 0.1) is 5.92 Å². The Hall–Kier alpha value is -1.35. The lowest BCUT2D eigenvalue weighted by Crippen LogP contribution is -2.31. The van der Waals surface area contributed by atoms with Gasteiger partial charge >= 0.3 is 5.97 Å². The molecule has 0 saturated carbocycles. The number of cyclic esters (lactones) is 1. The van der Waals surface area contributed by atoms with Crippen molar-refractivity contribution in [1.82, 2.24) is 0 Å². The standard InChI is InChI=1S/C14H18O3/c1-11-7-13(17-14(15)8-11)10-16-9-12-5-3-2-4-6-12/h2-6,11,13H,7-10H2,1H3/t11-,13-/m1/s1. The largest absolute Gasteiger partial charge is 0.460 e. The first-order chi connectivity index (χ1) is 8.24. The van der Waals surface area contributed by atoms with Crippen LogP contribution in [0.25, 0.3) is 0 Å². The van der Waals surface area contributed by atoms with Gasteiger partial charge in [-0.25, -0.2) is 0 Å². The van der Waals surface area contributed by atoms with Crippen LogP contribution in [0.4, 0.5) is 0 Å².